The lowest BCUT2D eigenvalue weighted by Crippen LogP contribution is -2.26. The first-order chi connectivity index (χ1) is 12.3. The fourth-order valence-corrected chi connectivity index (χ4v) is 2.32. The number of aryl methyl sites for hydroxylation is 1. The number of nitrogens with two attached hydrogens (primary N) is 1. The van der Waals surface area contributed by atoms with Crippen LogP contribution in [0.2, 0.25) is 0 Å². The van der Waals surface area contributed by atoms with Crippen molar-refractivity contribution in [1.82, 2.24) is 10.1 Å². The monoisotopic (exact) mass is 363 g/mol. The van der Waals surface area contributed by atoms with E-state index in [-0.39, 0.29) is 36.3 Å². The molecule has 2 rings (SSSR count). The van der Waals surface area contributed by atoms with Gasteiger partial charge >= 0.3 is 0 Å². The number of carbonyl (C=O) groups is 2. The number of nitrogens with zero attached hydrogens (tertiary/aromatic N) is 2. The third-order valence-corrected chi connectivity index (χ3v) is 3.49. The molecule has 0 radical (unpaired) electrons. The van der Waals surface area contributed by atoms with Crippen LogP contribution in [0.1, 0.15) is 21.8 Å². The number of methoxy groups -OCH3 is 2. The van der Waals surface area contributed by atoms with Crippen LogP contribution in [0, 0.1) is 6.92 Å². The van der Waals surface area contributed by atoms with Crippen LogP contribution < -0.4 is 19.9 Å². The Balaban J connectivity index is 2.27. The number of hydrogen-bond donors (Lipinski definition) is 1. The van der Waals surface area contributed by atoms with E-state index in [9.17, 15) is 9.59 Å². The maximum Gasteiger partial charge on any atom is 0.255 e. The molecule has 0 aliphatic carbocycles. The quantitative estimate of drug-likeness (QED) is 0.747. The fourth-order valence-electron chi connectivity index (χ4n) is 2.32. The van der Waals surface area contributed by atoms with Gasteiger partial charge in [0.2, 0.25) is 5.75 Å². The number of amides is 2. The zero-order valence-corrected chi connectivity index (χ0v) is 15.1. The predicted octanol–water partition coefficient (Wildman–Crippen LogP) is 1.14. The summed E-state index contributed by atoms with van der Waals surface area (Å²) in [5.41, 5.74) is 6.06. The number of carbonyl (C=O) groups excluding carboxylic acids is 2. The SMILES string of the molecule is COc1cc(C(=O)N(C)Cc2cc(C)on2)cc(OC)c1OCC(N)=O. The van der Waals surface area contributed by atoms with Gasteiger partial charge in [0.25, 0.3) is 11.8 Å². The largest absolute Gasteiger partial charge is 0.493 e. The van der Waals surface area contributed by atoms with Crippen molar-refractivity contribution in [2.75, 3.05) is 27.9 Å². The first-order valence-corrected chi connectivity index (χ1v) is 7.70. The van der Waals surface area contributed by atoms with Gasteiger partial charge in [0, 0.05) is 18.7 Å². The molecule has 2 aromatic rings. The molecule has 1 heterocycles. The van der Waals surface area contributed by atoms with Crippen LogP contribution in [-0.4, -0.2) is 49.7 Å². The zero-order valence-electron chi connectivity index (χ0n) is 15.1. The third kappa shape index (κ3) is 4.44. The molecule has 9 nitrogen and oxygen atoms in total. The Kier molecular flexibility index (Phi) is 6.05. The van der Waals surface area contributed by atoms with Crippen molar-refractivity contribution in [3.8, 4) is 17.2 Å². The minimum atomic E-state index is -0.642. The summed E-state index contributed by atoms with van der Waals surface area (Å²) in [7, 11) is 4.48. The van der Waals surface area contributed by atoms with E-state index in [0.29, 0.717) is 17.0 Å². The second kappa shape index (κ2) is 8.24. The van der Waals surface area contributed by atoms with Crippen molar-refractivity contribution in [3.05, 3.63) is 35.2 Å². The summed E-state index contributed by atoms with van der Waals surface area (Å²) in [6.07, 6.45) is 0. The summed E-state index contributed by atoms with van der Waals surface area (Å²) in [5, 5.41) is 3.87. The Labute approximate surface area is 150 Å². The van der Waals surface area contributed by atoms with Gasteiger partial charge in [0.1, 0.15) is 11.5 Å². The lowest BCUT2D eigenvalue weighted by molar-refractivity contribution is -0.120. The zero-order chi connectivity index (χ0) is 19.3. The van der Waals surface area contributed by atoms with Gasteiger partial charge in [-0.25, -0.2) is 0 Å². The van der Waals surface area contributed by atoms with Crippen LogP contribution in [0.3, 0.4) is 0 Å². The number of benzene rings is 1. The molecule has 0 aliphatic heterocycles. The summed E-state index contributed by atoms with van der Waals surface area (Å²) in [6, 6.07) is 4.77. The second-order valence-electron chi connectivity index (χ2n) is 5.55. The molecule has 2 N–H and O–H groups in total. The van der Waals surface area contributed by atoms with Gasteiger partial charge in [-0.05, 0) is 19.1 Å². The summed E-state index contributed by atoms with van der Waals surface area (Å²) in [6.45, 7) is 1.71. The van der Waals surface area contributed by atoms with E-state index in [1.807, 2.05) is 0 Å². The first-order valence-electron chi connectivity index (χ1n) is 7.70. The molecular weight excluding hydrogens is 342 g/mol. The van der Waals surface area contributed by atoms with E-state index in [0.717, 1.165) is 0 Å². The van der Waals surface area contributed by atoms with Crippen molar-refractivity contribution < 1.29 is 28.3 Å². The molecule has 0 spiro atoms. The first kappa shape index (κ1) is 19.1. The molecule has 0 saturated carbocycles. The van der Waals surface area contributed by atoms with Gasteiger partial charge in [0.05, 0.1) is 20.8 Å². The predicted molar refractivity (Wildman–Crippen MR) is 91.3 cm³/mol. The summed E-state index contributed by atoms with van der Waals surface area (Å²) in [4.78, 5) is 25.1. The molecule has 140 valence electrons. The molecular formula is C17H21N3O6. The molecule has 9 heteroatoms. The molecule has 1 aromatic heterocycles. The smallest absolute Gasteiger partial charge is 0.255 e. The van der Waals surface area contributed by atoms with E-state index in [1.165, 1.54) is 31.3 Å². The standard InChI is InChI=1S/C17H21N3O6/c1-10-5-12(19-26-10)8-20(2)17(22)11-6-13(23-3)16(14(7-11)24-4)25-9-15(18)21/h5-7H,8-9H2,1-4H3,(H2,18,21). The molecule has 0 fully saturated rings. The highest BCUT2D eigenvalue weighted by molar-refractivity contribution is 5.95. The molecule has 0 saturated heterocycles. The van der Waals surface area contributed by atoms with Crippen molar-refractivity contribution >= 4 is 11.8 Å². The third-order valence-electron chi connectivity index (χ3n) is 3.49. The Morgan fingerprint density at radius 2 is 1.81 bits per heavy atom. The summed E-state index contributed by atoms with van der Waals surface area (Å²) >= 11 is 0. The van der Waals surface area contributed by atoms with E-state index in [1.54, 1.807) is 20.0 Å². The molecule has 1 aromatic carbocycles. The maximum absolute atomic E-state index is 12.7. The van der Waals surface area contributed by atoms with Crippen molar-refractivity contribution in [3.63, 3.8) is 0 Å². The van der Waals surface area contributed by atoms with Gasteiger partial charge in [0.15, 0.2) is 18.1 Å². The van der Waals surface area contributed by atoms with E-state index in [4.69, 9.17) is 24.5 Å². The van der Waals surface area contributed by atoms with Crippen LogP contribution in [0.15, 0.2) is 22.7 Å². The molecule has 0 unspecified atom stereocenters. The van der Waals surface area contributed by atoms with Gasteiger partial charge in [-0.2, -0.15) is 0 Å². The summed E-state index contributed by atoms with van der Waals surface area (Å²) < 4.78 is 20.9. The van der Waals surface area contributed by atoms with Crippen LogP contribution in [0.4, 0.5) is 0 Å². The normalized spacial score (nSPS) is 10.3. The number of aromatic nitrogens is 1. The number of ether oxygens (including phenoxy) is 3. The van der Waals surface area contributed by atoms with Gasteiger partial charge < -0.3 is 29.4 Å². The van der Waals surface area contributed by atoms with Crippen LogP contribution >= 0.6 is 0 Å². The lowest BCUT2D eigenvalue weighted by Gasteiger charge is -2.19. The molecule has 0 aliphatic rings. The average Bonchev–Trinajstić information content (AvgIpc) is 3.02. The van der Waals surface area contributed by atoms with Crippen molar-refractivity contribution in [2.45, 2.75) is 13.5 Å². The van der Waals surface area contributed by atoms with Crippen molar-refractivity contribution in [1.29, 1.82) is 0 Å². The second-order valence-corrected chi connectivity index (χ2v) is 5.55. The summed E-state index contributed by atoms with van der Waals surface area (Å²) in [5.74, 6) is 0.445. The minimum Gasteiger partial charge on any atom is -0.493 e. The Hall–Kier alpha value is -3.23. The minimum absolute atomic E-state index is 0.195. The van der Waals surface area contributed by atoms with E-state index < -0.39 is 5.91 Å². The molecule has 2 amide bonds. The fraction of sp³-hybridized carbons (Fsp3) is 0.353. The molecule has 0 bridgehead atoms. The molecule has 26 heavy (non-hydrogen) atoms. The average molecular weight is 363 g/mol. The van der Waals surface area contributed by atoms with Gasteiger partial charge in [-0.1, -0.05) is 5.16 Å². The number of hydrogen-bond acceptors (Lipinski definition) is 7. The van der Waals surface area contributed by atoms with Crippen molar-refractivity contribution in [2.24, 2.45) is 5.73 Å². The lowest BCUT2D eigenvalue weighted by atomic mass is 10.1. The highest BCUT2D eigenvalue weighted by Gasteiger charge is 2.21. The van der Waals surface area contributed by atoms with Gasteiger partial charge in [-0.3, -0.25) is 9.59 Å². The Morgan fingerprint density at radius 1 is 1.19 bits per heavy atom. The number of primary amides is 1. The maximum atomic E-state index is 12.7. The highest BCUT2D eigenvalue weighted by Crippen LogP contribution is 2.38. The van der Waals surface area contributed by atoms with E-state index in [2.05, 4.69) is 5.16 Å². The number of rotatable bonds is 8. The Morgan fingerprint density at radius 3 is 2.27 bits per heavy atom. The van der Waals surface area contributed by atoms with Crippen LogP contribution in [-0.2, 0) is 11.3 Å². The van der Waals surface area contributed by atoms with Gasteiger partial charge in [-0.15, -0.1) is 0 Å². The molecule has 0 atom stereocenters. The topological polar surface area (TPSA) is 117 Å². The van der Waals surface area contributed by atoms with Crippen LogP contribution in [0.5, 0.6) is 17.2 Å². The highest BCUT2D eigenvalue weighted by atomic mass is 16.5. The van der Waals surface area contributed by atoms with E-state index >= 15 is 0 Å². The van der Waals surface area contributed by atoms with Crippen LogP contribution in [0.25, 0.3) is 0 Å². The Bertz CT molecular complexity index is 777.